The van der Waals surface area contributed by atoms with Gasteiger partial charge in [0, 0.05) is 11.1 Å². The van der Waals surface area contributed by atoms with Crippen LogP contribution in [0, 0.1) is 17.8 Å². The second kappa shape index (κ2) is 9.01. The van der Waals surface area contributed by atoms with Crippen LogP contribution in [0.3, 0.4) is 0 Å². The van der Waals surface area contributed by atoms with Gasteiger partial charge in [0.1, 0.15) is 5.75 Å². The molecule has 1 heterocycles. The molecule has 1 aromatic carbocycles. The standard InChI is InChI=1S/C31H48O2/c1-20-15-23-21(2)25(30(9,10)11)17-26(31(12,13)14)27(23)33-19-32-18-22(28(3,4)5)16-24(20)29(6,7)8/h15-18H,19H2,1-14H3/b20-15+,22-18-,24-16+. The summed E-state index contributed by atoms with van der Waals surface area (Å²) in [5.41, 5.74) is 8.71. The quantitative estimate of drug-likeness (QED) is 0.390. The zero-order valence-corrected chi connectivity index (χ0v) is 23.8. The smallest absolute Gasteiger partial charge is 0.230 e. The van der Waals surface area contributed by atoms with E-state index >= 15 is 0 Å². The van der Waals surface area contributed by atoms with E-state index in [0.717, 1.165) is 11.3 Å². The average Bonchev–Trinajstić information content (AvgIpc) is 2.61. The van der Waals surface area contributed by atoms with E-state index in [9.17, 15) is 0 Å². The first-order chi connectivity index (χ1) is 14.7. The molecule has 2 heteroatoms. The molecule has 0 bridgehead atoms. The summed E-state index contributed by atoms with van der Waals surface area (Å²) in [7, 11) is 0. The molecule has 0 aromatic heterocycles. The summed E-state index contributed by atoms with van der Waals surface area (Å²) < 4.78 is 12.4. The van der Waals surface area contributed by atoms with Gasteiger partial charge in [0.25, 0.3) is 0 Å². The first kappa shape index (κ1) is 27.3. The van der Waals surface area contributed by atoms with Crippen molar-refractivity contribution in [3.63, 3.8) is 0 Å². The molecule has 184 valence electrons. The van der Waals surface area contributed by atoms with Crippen LogP contribution in [0.2, 0.25) is 0 Å². The van der Waals surface area contributed by atoms with Crippen LogP contribution in [0.4, 0.5) is 0 Å². The van der Waals surface area contributed by atoms with E-state index in [-0.39, 0.29) is 28.5 Å². The van der Waals surface area contributed by atoms with Crippen molar-refractivity contribution >= 4 is 6.08 Å². The number of benzene rings is 1. The Labute approximate surface area is 204 Å². The van der Waals surface area contributed by atoms with Crippen LogP contribution in [0.5, 0.6) is 5.75 Å². The van der Waals surface area contributed by atoms with Gasteiger partial charge in [0.05, 0.1) is 6.26 Å². The Kier molecular flexibility index (Phi) is 7.45. The number of ether oxygens (including phenoxy) is 2. The number of allylic oxidation sites excluding steroid dienone is 4. The van der Waals surface area contributed by atoms with Crippen LogP contribution in [0.1, 0.15) is 112 Å². The van der Waals surface area contributed by atoms with Gasteiger partial charge in [-0.3, -0.25) is 0 Å². The summed E-state index contributed by atoms with van der Waals surface area (Å²) in [5.74, 6) is 0.938. The van der Waals surface area contributed by atoms with Gasteiger partial charge in [-0.2, -0.15) is 0 Å². The average molecular weight is 453 g/mol. The predicted octanol–water partition coefficient (Wildman–Crippen LogP) is 9.26. The molecule has 0 amide bonds. The van der Waals surface area contributed by atoms with Crippen LogP contribution < -0.4 is 4.74 Å². The lowest BCUT2D eigenvalue weighted by Gasteiger charge is -2.31. The zero-order valence-electron chi connectivity index (χ0n) is 23.8. The first-order valence-corrected chi connectivity index (χ1v) is 12.3. The van der Waals surface area contributed by atoms with Crippen LogP contribution in [-0.2, 0) is 15.6 Å². The van der Waals surface area contributed by atoms with E-state index in [1.165, 1.54) is 33.4 Å². The third-order valence-corrected chi connectivity index (χ3v) is 6.44. The molecule has 0 spiro atoms. The number of fused-ring (bicyclic) bond motifs is 1. The molecule has 0 saturated carbocycles. The Balaban J connectivity index is 2.98. The Hall–Kier alpha value is -1.96. The molecule has 1 aromatic rings. The van der Waals surface area contributed by atoms with E-state index in [2.05, 4.69) is 115 Å². The minimum absolute atomic E-state index is 0.0115. The highest BCUT2D eigenvalue weighted by Crippen LogP contribution is 2.44. The number of hydrogen-bond donors (Lipinski definition) is 0. The second-order valence-corrected chi connectivity index (χ2v) is 13.7. The molecule has 1 aliphatic heterocycles. The Morgan fingerprint density at radius 3 is 1.67 bits per heavy atom. The van der Waals surface area contributed by atoms with Crippen LogP contribution in [0.15, 0.2) is 35.1 Å². The van der Waals surface area contributed by atoms with Gasteiger partial charge >= 0.3 is 0 Å². The minimum atomic E-state index is -0.0607. The molecule has 2 nitrogen and oxygen atoms in total. The first-order valence-electron chi connectivity index (χ1n) is 12.3. The minimum Gasteiger partial charge on any atom is -0.465 e. The normalized spacial score (nSPS) is 21.2. The Morgan fingerprint density at radius 1 is 0.667 bits per heavy atom. The van der Waals surface area contributed by atoms with Crippen molar-refractivity contribution in [1.29, 1.82) is 0 Å². The van der Waals surface area contributed by atoms with Crippen molar-refractivity contribution in [3.05, 3.63) is 57.4 Å². The summed E-state index contributed by atoms with van der Waals surface area (Å²) in [4.78, 5) is 0. The van der Waals surface area contributed by atoms with E-state index in [1.54, 1.807) is 0 Å². The third kappa shape index (κ3) is 6.34. The fourth-order valence-corrected chi connectivity index (χ4v) is 4.46. The third-order valence-electron chi connectivity index (χ3n) is 6.44. The number of hydrogen-bond acceptors (Lipinski definition) is 2. The molecule has 0 radical (unpaired) electrons. The molecule has 0 unspecified atom stereocenters. The second-order valence-electron chi connectivity index (χ2n) is 13.7. The molecule has 0 atom stereocenters. The molecule has 0 fully saturated rings. The van der Waals surface area contributed by atoms with Gasteiger partial charge in [0.2, 0.25) is 6.79 Å². The van der Waals surface area contributed by atoms with Gasteiger partial charge < -0.3 is 9.47 Å². The predicted molar refractivity (Wildman–Crippen MR) is 144 cm³/mol. The number of rotatable bonds is 0. The largest absolute Gasteiger partial charge is 0.465 e. The molecule has 0 saturated heterocycles. The lowest BCUT2D eigenvalue weighted by molar-refractivity contribution is 0.0758. The molecular weight excluding hydrogens is 404 g/mol. The van der Waals surface area contributed by atoms with Crippen LogP contribution in [0.25, 0.3) is 6.08 Å². The molecule has 2 rings (SSSR count). The molecule has 0 N–H and O–H groups in total. The summed E-state index contributed by atoms with van der Waals surface area (Å²) in [6.07, 6.45) is 6.55. The van der Waals surface area contributed by atoms with Gasteiger partial charge in [-0.1, -0.05) is 95.2 Å². The van der Waals surface area contributed by atoms with Crippen LogP contribution in [-0.4, -0.2) is 6.79 Å². The SMILES string of the molecule is CC1=C\c2c(C)c(C(C)(C)C)cc(C(C)(C)C)c2OCO/C=C(C(C)(C)C)/C=C\1C(C)(C)C. The maximum atomic E-state index is 6.42. The van der Waals surface area contributed by atoms with Crippen LogP contribution >= 0.6 is 0 Å². The summed E-state index contributed by atoms with van der Waals surface area (Å²) in [6, 6.07) is 2.36. The maximum Gasteiger partial charge on any atom is 0.230 e. The van der Waals surface area contributed by atoms with E-state index in [0.29, 0.717) is 0 Å². The fraction of sp³-hybridized carbons (Fsp3) is 0.613. The highest BCUT2D eigenvalue weighted by atomic mass is 16.7. The van der Waals surface area contributed by atoms with E-state index in [1.807, 2.05) is 6.26 Å². The summed E-state index contributed by atoms with van der Waals surface area (Å²) in [6.45, 7) is 31.8. The molecule has 1 aliphatic rings. The van der Waals surface area contributed by atoms with E-state index in [4.69, 9.17) is 9.47 Å². The highest BCUT2D eigenvalue weighted by molar-refractivity contribution is 5.71. The molecular formula is C31H48O2. The van der Waals surface area contributed by atoms with Crippen molar-refractivity contribution in [2.24, 2.45) is 10.8 Å². The van der Waals surface area contributed by atoms with Crippen molar-refractivity contribution in [3.8, 4) is 5.75 Å². The van der Waals surface area contributed by atoms with E-state index < -0.39 is 0 Å². The van der Waals surface area contributed by atoms with Crippen molar-refractivity contribution in [2.75, 3.05) is 6.79 Å². The van der Waals surface area contributed by atoms with Crippen molar-refractivity contribution in [2.45, 2.75) is 108 Å². The molecule has 0 aliphatic carbocycles. The van der Waals surface area contributed by atoms with Gasteiger partial charge in [-0.25, -0.2) is 0 Å². The van der Waals surface area contributed by atoms with Crippen molar-refractivity contribution < 1.29 is 9.47 Å². The zero-order chi connectivity index (χ0) is 25.6. The van der Waals surface area contributed by atoms with Gasteiger partial charge in [0.15, 0.2) is 0 Å². The Bertz CT molecular complexity index is 972. The molecule has 33 heavy (non-hydrogen) atoms. The topological polar surface area (TPSA) is 18.5 Å². The summed E-state index contributed by atoms with van der Waals surface area (Å²) in [5, 5.41) is 0. The monoisotopic (exact) mass is 452 g/mol. The lowest BCUT2D eigenvalue weighted by Crippen LogP contribution is -2.21. The van der Waals surface area contributed by atoms with Gasteiger partial charge in [-0.05, 0) is 69.4 Å². The summed E-state index contributed by atoms with van der Waals surface area (Å²) >= 11 is 0. The maximum absolute atomic E-state index is 6.42. The van der Waals surface area contributed by atoms with Crippen molar-refractivity contribution in [1.82, 2.24) is 0 Å². The fourth-order valence-electron chi connectivity index (χ4n) is 4.46. The van der Waals surface area contributed by atoms with Gasteiger partial charge in [-0.15, -0.1) is 0 Å². The Morgan fingerprint density at radius 2 is 1.21 bits per heavy atom. The lowest BCUT2D eigenvalue weighted by atomic mass is 9.75. The highest BCUT2D eigenvalue weighted by Gasteiger charge is 2.29.